The summed E-state index contributed by atoms with van der Waals surface area (Å²) < 4.78 is 12.8. The molecule has 0 saturated carbocycles. The minimum atomic E-state index is -0.308. The molecule has 1 aliphatic rings. The van der Waals surface area contributed by atoms with Crippen molar-refractivity contribution in [1.82, 2.24) is 9.97 Å². The molecule has 2 N–H and O–H groups in total. The number of nitrogens with zero attached hydrogens (tertiary/aromatic N) is 1. The first-order valence-corrected chi connectivity index (χ1v) is 6.30. The molecule has 2 aromatic rings. The molecule has 1 atom stereocenters. The van der Waals surface area contributed by atoms with Gasteiger partial charge < -0.3 is 10.3 Å². The molecule has 1 amide bonds. The summed E-state index contributed by atoms with van der Waals surface area (Å²) in [6.45, 7) is 0. The fourth-order valence-electron chi connectivity index (χ4n) is 2.40. The number of halogens is 1. The quantitative estimate of drug-likeness (QED) is 0.869. The smallest absolute Gasteiger partial charge is 0.227 e. The van der Waals surface area contributed by atoms with Crippen LogP contribution in [0.2, 0.25) is 0 Å². The van der Waals surface area contributed by atoms with E-state index in [-0.39, 0.29) is 17.6 Å². The lowest BCUT2D eigenvalue weighted by Gasteiger charge is -2.20. The Labute approximate surface area is 110 Å². The van der Waals surface area contributed by atoms with Gasteiger partial charge in [0.05, 0.1) is 12.0 Å². The van der Waals surface area contributed by atoms with E-state index in [2.05, 4.69) is 15.3 Å². The lowest BCUT2D eigenvalue weighted by atomic mass is 9.89. The summed E-state index contributed by atoms with van der Waals surface area (Å²) in [5.74, 6) is -0.386. The van der Waals surface area contributed by atoms with Crippen LogP contribution in [0.3, 0.4) is 0 Å². The Balaban J connectivity index is 1.67. The molecule has 1 unspecified atom stereocenters. The zero-order chi connectivity index (χ0) is 13.2. The number of nitrogens with one attached hydrogen (secondary N) is 2. The number of carbonyl (C=O) groups is 1. The van der Waals surface area contributed by atoms with Crippen LogP contribution in [0.15, 0.2) is 30.6 Å². The number of hydrogen-bond acceptors (Lipinski definition) is 2. The zero-order valence-electron chi connectivity index (χ0n) is 10.3. The zero-order valence-corrected chi connectivity index (χ0v) is 10.3. The highest BCUT2D eigenvalue weighted by Gasteiger charge is 2.26. The van der Waals surface area contributed by atoms with Crippen LogP contribution in [0, 0.1) is 11.7 Å². The number of fused-ring (bicyclic) bond motifs is 1. The molecule has 1 aliphatic carbocycles. The van der Waals surface area contributed by atoms with Crippen LogP contribution in [0.1, 0.15) is 17.8 Å². The second-order valence-electron chi connectivity index (χ2n) is 4.76. The van der Waals surface area contributed by atoms with Crippen LogP contribution in [-0.4, -0.2) is 15.9 Å². The average Bonchev–Trinajstić information content (AvgIpc) is 2.88. The number of aromatic nitrogens is 2. The SMILES string of the molecule is O=C(Nc1ccc(F)cc1)C1CCc2nc[nH]c2C1. The normalized spacial score (nSPS) is 17.8. The highest BCUT2D eigenvalue weighted by atomic mass is 19.1. The maximum atomic E-state index is 12.8. The van der Waals surface area contributed by atoms with Crippen molar-refractivity contribution in [3.05, 3.63) is 47.8 Å². The minimum Gasteiger partial charge on any atom is -0.348 e. The van der Waals surface area contributed by atoms with E-state index in [4.69, 9.17) is 0 Å². The first-order chi connectivity index (χ1) is 9.22. The molecule has 0 spiro atoms. The van der Waals surface area contributed by atoms with Crippen LogP contribution >= 0.6 is 0 Å². The Kier molecular flexibility index (Phi) is 3.03. The van der Waals surface area contributed by atoms with Crippen molar-refractivity contribution < 1.29 is 9.18 Å². The number of aromatic amines is 1. The molecule has 4 nitrogen and oxygen atoms in total. The van der Waals surface area contributed by atoms with E-state index in [0.717, 1.165) is 24.2 Å². The van der Waals surface area contributed by atoms with E-state index < -0.39 is 0 Å². The molecule has 1 aromatic carbocycles. The van der Waals surface area contributed by atoms with Crippen molar-refractivity contribution in [2.45, 2.75) is 19.3 Å². The summed E-state index contributed by atoms with van der Waals surface area (Å²) in [5.41, 5.74) is 2.73. The summed E-state index contributed by atoms with van der Waals surface area (Å²) in [5, 5.41) is 2.82. The van der Waals surface area contributed by atoms with Gasteiger partial charge in [0.25, 0.3) is 0 Å². The maximum absolute atomic E-state index is 12.8. The van der Waals surface area contributed by atoms with E-state index in [1.807, 2.05) is 0 Å². The molecule has 19 heavy (non-hydrogen) atoms. The van der Waals surface area contributed by atoms with Crippen molar-refractivity contribution in [2.75, 3.05) is 5.32 Å². The Hall–Kier alpha value is -2.17. The molecule has 0 radical (unpaired) electrons. The number of imidazole rings is 1. The van der Waals surface area contributed by atoms with Gasteiger partial charge in [-0.15, -0.1) is 0 Å². The molecule has 5 heteroatoms. The number of H-pyrrole nitrogens is 1. The molecular weight excluding hydrogens is 245 g/mol. The number of hydrogen-bond donors (Lipinski definition) is 2. The Morgan fingerprint density at radius 2 is 2.16 bits per heavy atom. The van der Waals surface area contributed by atoms with Gasteiger partial charge in [-0.3, -0.25) is 4.79 Å². The van der Waals surface area contributed by atoms with E-state index in [1.165, 1.54) is 12.1 Å². The fourth-order valence-corrected chi connectivity index (χ4v) is 2.40. The molecule has 3 rings (SSSR count). The maximum Gasteiger partial charge on any atom is 0.227 e. The Morgan fingerprint density at radius 1 is 1.37 bits per heavy atom. The summed E-state index contributed by atoms with van der Waals surface area (Å²) in [4.78, 5) is 19.4. The number of anilines is 1. The van der Waals surface area contributed by atoms with E-state index in [0.29, 0.717) is 12.1 Å². The predicted molar refractivity (Wildman–Crippen MR) is 69.1 cm³/mol. The standard InChI is InChI=1S/C14H14FN3O/c15-10-2-4-11(5-3-10)18-14(19)9-1-6-12-13(7-9)17-8-16-12/h2-5,8-9H,1,6-7H2,(H,16,17)(H,18,19). The van der Waals surface area contributed by atoms with Gasteiger partial charge in [0.2, 0.25) is 5.91 Å². The van der Waals surface area contributed by atoms with Gasteiger partial charge in [0.1, 0.15) is 5.82 Å². The molecule has 0 saturated heterocycles. The van der Waals surface area contributed by atoms with Gasteiger partial charge in [0, 0.05) is 23.7 Å². The first-order valence-electron chi connectivity index (χ1n) is 6.30. The highest BCUT2D eigenvalue weighted by Crippen LogP contribution is 2.24. The van der Waals surface area contributed by atoms with Crippen LogP contribution in [0.25, 0.3) is 0 Å². The third kappa shape index (κ3) is 2.50. The number of carbonyl (C=O) groups excluding carboxylic acids is 1. The molecule has 1 aromatic heterocycles. The third-order valence-electron chi connectivity index (χ3n) is 3.47. The summed E-state index contributed by atoms with van der Waals surface area (Å²) in [6, 6.07) is 5.81. The molecule has 0 bridgehead atoms. The van der Waals surface area contributed by atoms with Crippen LogP contribution in [0.5, 0.6) is 0 Å². The number of amides is 1. The van der Waals surface area contributed by atoms with Gasteiger partial charge in [0.15, 0.2) is 0 Å². The van der Waals surface area contributed by atoms with Gasteiger partial charge >= 0.3 is 0 Å². The van der Waals surface area contributed by atoms with Gasteiger partial charge in [-0.2, -0.15) is 0 Å². The Morgan fingerprint density at radius 3 is 2.95 bits per heavy atom. The molecular formula is C14H14FN3O. The van der Waals surface area contributed by atoms with Gasteiger partial charge in [-0.05, 0) is 37.1 Å². The lowest BCUT2D eigenvalue weighted by molar-refractivity contribution is -0.120. The van der Waals surface area contributed by atoms with Crippen molar-refractivity contribution in [2.24, 2.45) is 5.92 Å². The summed E-state index contributed by atoms with van der Waals surface area (Å²) in [7, 11) is 0. The highest BCUT2D eigenvalue weighted by molar-refractivity contribution is 5.92. The van der Waals surface area contributed by atoms with Crippen molar-refractivity contribution in [1.29, 1.82) is 0 Å². The minimum absolute atomic E-state index is 0.0214. The van der Waals surface area contributed by atoms with Gasteiger partial charge in [-0.25, -0.2) is 9.37 Å². The first kappa shape index (κ1) is 11.9. The topological polar surface area (TPSA) is 57.8 Å². The molecule has 0 fully saturated rings. The van der Waals surface area contributed by atoms with Crippen LogP contribution < -0.4 is 5.32 Å². The fraction of sp³-hybridized carbons (Fsp3) is 0.286. The molecule has 1 heterocycles. The van der Waals surface area contributed by atoms with E-state index in [9.17, 15) is 9.18 Å². The number of rotatable bonds is 2. The third-order valence-corrected chi connectivity index (χ3v) is 3.47. The van der Waals surface area contributed by atoms with Crippen molar-refractivity contribution in [3.8, 4) is 0 Å². The monoisotopic (exact) mass is 259 g/mol. The molecule has 0 aliphatic heterocycles. The van der Waals surface area contributed by atoms with Crippen molar-refractivity contribution >= 4 is 11.6 Å². The van der Waals surface area contributed by atoms with Crippen LogP contribution in [0.4, 0.5) is 10.1 Å². The molecule has 98 valence electrons. The van der Waals surface area contributed by atoms with Gasteiger partial charge in [-0.1, -0.05) is 0 Å². The van der Waals surface area contributed by atoms with E-state index in [1.54, 1.807) is 18.5 Å². The number of aryl methyl sites for hydroxylation is 1. The Bertz CT molecular complexity index is 591. The number of benzene rings is 1. The van der Waals surface area contributed by atoms with E-state index >= 15 is 0 Å². The average molecular weight is 259 g/mol. The van der Waals surface area contributed by atoms with Crippen LogP contribution in [-0.2, 0) is 17.6 Å². The summed E-state index contributed by atoms with van der Waals surface area (Å²) in [6.07, 6.45) is 3.97. The second-order valence-corrected chi connectivity index (χ2v) is 4.76. The largest absolute Gasteiger partial charge is 0.348 e. The predicted octanol–water partition coefficient (Wildman–Crippen LogP) is 2.29. The lowest BCUT2D eigenvalue weighted by Crippen LogP contribution is -2.28. The summed E-state index contributed by atoms with van der Waals surface area (Å²) >= 11 is 0. The van der Waals surface area contributed by atoms with Crippen molar-refractivity contribution in [3.63, 3.8) is 0 Å². The second kappa shape index (κ2) is 4.84.